The van der Waals surface area contributed by atoms with Gasteiger partial charge in [-0.1, -0.05) is 30.3 Å². The van der Waals surface area contributed by atoms with E-state index in [0.717, 1.165) is 27.9 Å². The van der Waals surface area contributed by atoms with Crippen LogP contribution in [0.4, 0.5) is 5.82 Å². The Bertz CT molecular complexity index is 1240. The molecule has 7 nitrogen and oxygen atoms in total. The zero-order valence-corrected chi connectivity index (χ0v) is 16.9. The summed E-state index contributed by atoms with van der Waals surface area (Å²) in [6.45, 7) is 0.207. The fourth-order valence-corrected chi connectivity index (χ4v) is 3.66. The summed E-state index contributed by atoms with van der Waals surface area (Å²) in [6.07, 6.45) is 3.73. The lowest BCUT2D eigenvalue weighted by atomic mass is 10.0. The van der Waals surface area contributed by atoms with Crippen LogP contribution in [-0.4, -0.2) is 27.5 Å². The Morgan fingerprint density at radius 3 is 2.58 bits per heavy atom. The van der Waals surface area contributed by atoms with Crippen LogP contribution < -0.4 is 14.8 Å². The van der Waals surface area contributed by atoms with Gasteiger partial charge in [0.05, 0.1) is 12.0 Å². The molecule has 0 atom stereocenters. The standard InChI is InChI=1S/C24H20N4O3/c1-28-24(26-21(29)13-16-5-3-2-4-6-16)22(17-9-11-25-12-10-17)23(27-28)18-7-8-19-20(14-18)31-15-30-19/h2-12,14H,13,15H2,1H3,(H,26,29). The lowest BCUT2D eigenvalue weighted by Gasteiger charge is -2.10. The number of ether oxygens (including phenoxy) is 2. The number of anilines is 1. The second-order valence-corrected chi connectivity index (χ2v) is 7.21. The molecule has 0 fully saturated rings. The van der Waals surface area contributed by atoms with Crippen molar-refractivity contribution in [3.05, 3.63) is 78.6 Å². The summed E-state index contributed by atoms with van der Waals surface area (Å²) in [5.41, 5.74) is 4.29. The smallest absolute Gasteiger partial charge is 0.231 e. The van der Waals surface area contributed by atoms with Gasteiger partial charge in [-0.05, 0) is 41.5 Å². The molecule has 0 bridgehead atoms. The number of pyridine rings is 1. The van der Waals surface area contributed by atoms with E-state index in [9.17, 15) is 4.79 Å². The first-order valence-electron chi connectivity index (χ1n) is 9.90. The molecule has 0 radical (unpaired) electrons. The van der Waals surface area contributed by atoms with Crippen molar-refractivity contribution in [2.24, 2.45) is 7.05 Å². The molecule has 7 heteroatoms. The maximum Gasteiger partial charge on any atom is 0.231 e. The quantitative estimate of drug-likeness (QED) is 0.535. The van der Waals surface area contributed by atoms with Gasteiger partial charge in [0.15, 0.2) is 11.5 Å². The number of rotatable bonds is 5. The van der Waals surface area contributed by atoms with E-state index in [1.54, 1.807) is 17.1 Å². The Morgan fingerprint density at radius 1 is 1.00 bits per heavy atom. The van der Waals surface area contributed by atoms with Crippen molar-refractivity contribution in [2.45, 2.75) is 6.42 Å². The SMILES string of the molecule is Cn1nc(-c2ccc3c(c2)OCO3)c(-c2ccncc2)c1NC(=O)Cc1ccccc1. The highest BCUT2D eigenvalue weighted by Crippen LogP contribution is 2.41. The Labute approximate surface area is 179 Å². The normalized spacial score (nSPS) is 12.0. The molecule has 3 heterocycles. The summed E-state index contributed by atoms with van der Waals surface area (Å²) in [4.78, 5) is 16.9. The molecule has 154 valence electrons. The van der Waals surface area contributed by atoms with E-state index in [0.29, 0.717) is 17.3 Å². The number of aromatic nitrogens is 3. The zero-order chi connectivity index (χ0) is 21.2. The van der Waals surface area contributed by atoms with Crippen LogP contribution in [0.15, 0.2) is 73.1 Å². The van der Waals surface area contributed by atoms with Crippen molar-refractivity contribution in [1.82, 2.24) is 14.8 Å². The van der Waals surface area contributed by atoms with Crippen LogP contribution in [0.1, 0.15) is 5.56 Å². The number of benzene rings is 2. The van der Waals surface area contributed by atoms with Gasteiger partial charge in [0.1, 0.15) is 11.5 Å². The van der Waals surface area contributed by atoms with Crippen molar-refractivity contribution in [2.75, 3.05) is 12.1 Å². The van der Waals surface area contributed by atoms with Gasteiger partial charge >= 0.3 is 0 Å². The van der Waals surface area contributed by atoms with Crippen LogP contribution in [0, 0.1) is 0 Å². The number of carbonyl (C=O) groups is 1. The highest BCUT2D eigenvalue weighted by atomic mass is 16.7. The number of aryl methyl sites for hydroxylation is 1. The van der Waals surface area contributed by atoms with Gasteiger partial charge in [0.2, 0.25) is 12.7 Å². The van der Waals surface area contributed by atoms with Gasteiger partial charge in [0, 0.05) is 25.0 Å². The van der Waals surface area contributed by atoms with Crippen molar-refractivity contribution < 1.29 is 14.3 Å². The van der Waals surface area contributed by atoms with E-state index in [1.165, 1.54) is 0 Å². The third-order valence-corrected chi connectivity index (χ3v) is 5.13. The number of nitrogens with zero attached hydrogens (tertiary/aromatic N) is 3. The topological polar surface area (TPSA) is 78.3 Å². The van der Waals surface area contributed by atoms with Gasteiger partial charge in [-0.3, -0.25) is 14.5 Å². The first-order valence-corrected chi connectivity index (χ1v) is 9.90. The predicted molar refractivity (Wildman–Crippen MR) is 117 cm³/mol. The third-order valence-electron chi connectivity index (χ3n) is 5.13. The maximum atomic E-state index is 12.8. The van der Waals surface area contributed by atoms with Crippen LogP contribution in [0.25, 0.3) is 22.4 Å². The van der Waals surface area contributed by atoms with Gasteiger partial charge in [-0.2, -0.15) is 5.10 Å². The molecule has 0 saturated carbocycles. The third kappa shape index (κ3) is 3.73. The molecule has 0 spiro atoms. The van der Waals surface area contributed by atoms with Crippen LogP contribution in [0.2, 0.25) is 0 Å². The Balaban J connectivity index is 1.56. The molecule has 0 saturated heterocycles. The summed E-state index contributed by atoms with van der Waals surface area (Å²) in [7, 11) is 1.82. The van der Waals surface area contributed by atoms with Gasteiger partial charge in [0.25, 0.3) is 0 Å². The van der Waals surface area contributed by atoms with Crippen molar-refractivity contribution >= 4 is 11.7 Å². The monoisotopic (exact) mass is 412 g/mol. The molecule has 2 aromatic carbocycles. The molecule has 2 aromatic heterocycles. The summed E-state index contributed by atoms with van der Waals surface area (Å²) in [6, 6.07) is 19.2. The molecule has 1 amide bonds. The molecule has 0 aliphatic carbocycles. The Kier molecular flexibility index (Phi) is 4.84. The van der Waals surface area contributed by atoms with Gasteiger partial charge < -0.3 is 14.8 Å². The first kappa shape index (κ1) is 18.9. The fourth-order valence-electron chi connectivity index (χ4n) is 3.66. The number of hydrogen-bond acceptors (Lipinski definition) is 5. The van der Waals surface area contributed by atoms with Crippen LogP contribution >= 0.6 is 0 Å². The molecule has 1 aliphatic heterocycles. The summed E-state index contributed by atoms with van der Waals surface area (Å²) < 4.78 is 12.7. The second-order valence-electron chi connectivity index (χ2n) is 7.21. The number of nitrogens with one attached hydrogen (secondary N) is 1. The number of carbonyl (C=O) groups excluding carboxylic acids is 1. The number of amides is 1. The van der Waals surface area contributed by atoms with E-state index in [-0.39, 0.29) is 19.1 Å². The summed E-state index contributed by atoms with van der Waals surface area (Å²) in [5.74, 6) is 1.90. The van der Waals surface area contributed by atoms with Crippen molar-refractivity contribution in [1.29, 1.82) is 0 Å². The minimum atomic E-state index is -0.109. The Hall–Kier alpha value is -4.13. The van der Waals surface area contributed by atoms with E-state index >= 15 is 0 Å². The first-order chi connectivity index (χ1) is 15.2. The van der Waals surface area contributed by atoms with Crippen molar-refractivity contribution in [3.8, 4) is 33.9 Å². The minimum absolute atomic E-state index is 0.109. The van der Waals surface area contributed by atoms with Crippen molar-refractivity contribution in [3.63, 3.8) is 0 Å². The summed E-state index contributed by atoms with van der Waals surface area (Å²) in [5, 5.41) is 7.78. The van der Waals surface area contributed by atoms with E-state index in [2.05, 4.69) is 10.3 Å². The lowest BCUT2D eigenvalue weighted by Crippen LogP contribution is -2.17. The van der Waals surface area contributed by atoms with Gasteiger partial charge in [-0.15, -0.1) is 0 Å². The molecule has 1 N–H and O–H groups in total. The molecule has 5 rings (SSSR count). The second kappa shape index (κ2) is 7.95. The lowest BCUT2D eigenvalue weighted by molar-refractivity contribution is -0.115. The predicted octanol–water partition coefficient (Wildman–Crippen LogP) is 4.06. The average Bonchev–Trinajstić information content (AvgIpc) is 3.39. The largest absolute Gasteiger partial charge is 0.454 e. The highest BCUT2D eigenvalue weighted by molar-refractivity contribution is 5.99. The van der Waals surface area contributed by atoms with Gasteiger partial charge in [-0.25, -0.2) is 0 Å². The molecule has 31 heavy (non-hydrogen) atoms. The average molecular weight is 412 g/mol. The van der Waals surface area contributed by atoms with Crippen LogP contribution in [0.3, 0.4) is 0 Å². The van der Waals surface area contributed by atoms with E-state index in [1.807, 2.05) is 67.7 Å². The number of hydrogen-bond donors (Lipinski definition) is 1. The fraction of sp³-hybridized carbons (Fsp3) is 0.125. The maximum absolute atomic E-state index is 12.8. The highest BCUT2D eigenvalue weighted by Gasteiger charge is 2.23. The molecular weight excluding hydrogens is 392 g/mol. The Morgan fingerprint density at radius 2 is 1.77 bits per heavy atom. The van der Waals surface area contributed by atoms with E-state index in [4.69, 9.17) is 14.6 Å². The van der Waals surface area contributed by atoms with E-state index < -0.39 is 0 Å². The number of fused-ring (bicyclic) bond motifs is 1. The van der Waals surface area contributed by atoms with Crippen LogP contribution in [-0.2, 0) is 18.3 Å². The molecule has 1 aliphatic rings. The molecule has 0 unspecified atom stereocenters. The zero-order valence-electron chi connectivity index (χ0n) is 16.9. The molecular formula is C24H20N4O3. The minimum Gasteiger partial charge on any atom is -0.454 e. The molecule has 4 aromatic rings. The summed E-state index contributed by atoms with van der Waals surface area (Å²) >= 11 is 0. The van der Waals surface area contributed by atoms with Crippen LogP contribution in [0.5, 0.6) is 11.5 Å².